The molecule has 5 nitrogen and oxygen atoms in total. The van der Waals surface area contributed by atoms with Gasteiger partial charge in [-0.1, -0.05) is 48.5 Å². The fourth-order valence-electron chi connectivity index (χ4n) is 2.92. The number of tetrazole rings is 1. The van der Waals surface area contributed by atoms with Crippen molar-refractivity contribution in [2.45, 2.75) is 31.6 Å². The molecular weight excluding hydrogens is 274 g/mol. The van der Waals surface area contributed by atoms with Crippen LogP contribution in [0.4, 0.5) is 0 Å². The minimum absolute atomic E-state index is 0.0838. The summed E-state index contributed by atoms with van der Waals surface area (Å²) in [4.78, 5) is 4.50. The molecule has 3 rings (SSSR count). The van der Waals surface area contributed by atoms with Gasteiger partial charge in [-0.3, -0.25) is 4.98 Å². The van der Waals surface area contributed by atoms with Crippen molar-refractivity contribution in [2.75, 3.05) is 0 Å². The van der Waals surface area contributed by atoms with Crippen molar-refractivity contribution < 1.29 is 0 Å². The largest absolute Gasteiger partial charge is 0.261 e. The standard InChI is InChI=1S/C17H19N5/c1-2-17(13-16-19-21-22-20-16,14-8-4-3-5-9-14)12-15-10-6-7-11-18-15/h3-11H,2,12-13H2,1H3,(H,19,20,21,22). The zero-order valence-corrected chi connectivity index (χ0v) is 12.6. The van der Waals surface area contributed by atoms with Crippen LogP contribution in [0.3, 0.4) is 0 Å². The van der Waals surface area contributed by atoms with Crippen molar-refractivity contribution in [3.63, 3.8) is 0 Å². The van der Waals surface area contributed by atoms with Gasteiger partial charge in [-0.05, 0) is 30.5 Å². The SMILES string of the molecule is CCC(Cc1ccccn1)(Cc1nn[nH]n1)c1ccccc1. The van der Waals surface area contributed by atoms with Crippen molar-refractivity contribution in [1.82, 2.24) is 25.6 Å². The molecule has 0 saturated carbocycles. The van der Waals surface area contributed by atoms with E-state index in [1.807, 2.05) is 24.4 Å². The molecule has 0 aliphatic carbocycles. The monoisotopic (exact) mass is 293 g/mol. The second-order valence-electron chi connectivity index (χ2n) is 5.50. The molecular formula is C17H19N5. The second kappa shape index (κ2) is 6.47. The molecule has 0 saturated heterocycles. The Kier molecular flexibility index (Phi) is 4.23. The van der Waals surface area contributed by atoms with E-state index in [1.54, 1.807) is 0 Å². The average molecular weight is 293 g/mol. The van der Waals surface area contributed by atoms with Crippen LogP contribution in [0.5, 0.6) is 0 Å². The maximum Gasteiger partial charge on any atom is 0.175 e. The van der Waals surface area contributed by atoms with Gasteiger partial charge >= 0.3 is 0 Å². The Bertz CT molecular complexity index is 682. The summed E-state index contributed by atoms with van der Waals surface area (Å²) >= 11 is 0. The Morgan fingerprint density at radius 2 is 1.82 bits per heavy atom. The molecule has 0 fully saturated rings. The first-order valence-corrected chi connectivity index (χ1v) is 7.50. The van der Waals surface area contributed by atoms with Gasteiger partial charge in [0.1, 0.15) is 0 Å². The summed E-state index contributed by atoms with van der Waals surface area (Å²) in [5.41, 5.74) is 2.28. The number of hydrogen-bond donors (Lipinski definition) is 1. The van der Waals surface area contributed by atoms with Crippen LogP contribution in [0, 0.1) is 0 Å². The summed E-state index contributed by atoms with van der Waals surface area (Å²) in [6.07, 6.45) is 4.40. The Labute approximate surface area is 129 Å². The number of nitrogens with one attached hydrogen (secondary N) is 1. The van der Waals surface area contributed by atoms with Crippen LogP contribution in [0.25, 0.3) is 0 Å². The molecule has 22 heavy (non-hydrogen) atoms. The normalized spacial score (nSPS) is 13.7. The predicted octanol–water partition coefficient (Wildman–Crippen LogP) is 2.73. The molecule has 0 spiro atoms. The van der Waals surface area contributed by atoms with Crippen molar-refractivity contribution in [2.24, 2.45) is 0 Å². The van der Waals surface area contributed by atoms with Gasteiger partial charge in [-0.25, -0.2) is 0 Å². The zero-order chi connectivity index (χ0) is 15.3. The second-order valence-corrected chi connectivity index (χ2v) is 5.50. The molecule has 112 valence electrons. The maximum atomic E-state index is 4.50. The summed E-state index contributed by atoms with van der Waals surface area (Å²) in [7, 11) is 0. The number of aromatic nitrogens is 5. The van der Waals surface area contributed by atoms with E-state index in [9.17, 15) is 0 Å². The lowest BCUT2D eigenvalue weighted by atomic mass is 9.72. The summed E-state index contributed by atoms with van der Waals surface area (Å²) in [5, 5.41) is 14.5. The molecule has 1 aromatic carbocycles. The van der Waals surface area contributed by atoms with Crippen LogP contribution in [0.2, 0.25) is 0 Å². The number of rotatable bonds is 6. The fourth-order valence-corrected chi connectivity index (χ4v) is 2.92. The van der Waals surface area contributed by atoms with Crippen LogP contribution in [0.15, 0.2) is 54.7 Å². The number of benzene rings is 1. The maximum absolute atomic E-state index is 4.50. The molecule has 3 aromatic rings. The Morgan fingerprint density at radius 3 is 2.45 bits per heavy atom. The van der Waals surface area contributed by atoms with E-state index >= 15 is 0 Å². The molecule has 0 aliphatic heterocycles. The lowest BCUT2D eigenvalue weighted by Gasteiger charge is -2.32. The van der Waals surface area contributed by atoms with E-state index in [-0.39, 0.29) is 5.41 Å². The molecule has 0 radical (unpaired) electrons. The first-order valence-electron chi connectivity index (χ1n) is 7.50. The summed E-state index contributed by atoms with van der Waals surface area (Å²) < 4.78 is 0. The van der Waals surface area contributed by atoms with Crippen LogP contribution >= 0.6 is 0 Å². The average Bonchev–Trinajstić information content (AvgIpc) is 3.09. The molecule has 1 N–H and O–H groups in total. The molecule has 2 heterocycles. The van der Waals surface area contributed by atoms with Crippen molar-refractivity contribution >= 4 is 0 Å². The van der Waals surface area contributed by atoms with Gasteiger partial charge in [-0.15, -0.1) is 10.2 Å². The number of H-pyrrole nitrogens is 1. The Morgan fingerprint density at radius 1 is 1.00 bits per heavy atom. The molecule has 5 heteroatoms. The summed E-state index contributed by atoms with van der Waals surface area (Å²) in [6.45, 7) is 2.20. The van der Waals surface area contributed by atoms with Crippen LogP contribution in [0.1, 0.15) is 30.4 Å². The summed E-state index contributed by atoms with van der Waals surface area (Å²) in [6, 6.07) is 16.6. The molecule has 0 bridgehead atoms. The fraction of sp³-hybridized carbons (Fsp3) is 0.294. The van der Waals surface area contributed by atoms with Gasteiger partial charge in [0.25, 0.3) is 0 Å². The van der Waals surface area contributed by atoms with Gasteiger partial charge in [-0.2, -0.15) is 5.21 Å². The third kappa shape index (κ3) is 3.03. The predicted molar refractivity (Wildman–Crippen MR) is 84.2 cm³/mol. The lowest BCUT2D eigenvalue weighted by Crippen LogP contribution is -2.32. The van der Waals surface area contributed by atoms with E-state index < -0.39 is 0 Å². The van der Waals surface area contributed by atoms with Gasteiger partial charge in [0.2, 0.25) is 0 Å². The van der Waals surface area contributed by atoms with Gasteiger partial charge in [0, 0.05) is 23.7 Å². The smallest absolute Gasteiger partial charge is 0.175 e. The van der Waals surface area contributed by atoms with Crippen LogP contribution < -0.4 is 0 Å². The molecule has 0 amide bonds. The van der Waals surface area contributed by atoms with Gasteiger partial charge < -0.3 is 0 Å². The van der Waals surface area contributed by atoms with Gasteiger partial charge in [0.15, 0.2) is 5.82 Å². The molecule has 1 atom stereocenters. The van der Waals surface area contributed by atoms with Crippen LogP contribution in [-0.2, 0) is 18.3 Å². The first-order chi connectivity index (χ1) is 10.8. The van der Waals surface area contributed by atoms with Crippen molar-refractivity contribution in [1.29, 1.82) is 0 Å². The highest BCUT2D eigenvalue weighted by molar-refractivity contribution is 5.29. The minimum Gasteiger partial charge on any atom is -0.261 e. The number of hydrogen-bond acceptors (Lipinski definition) is 4. The van der Waals surface area contributed by atoms with Gasteiger partial charge in [0.05, 0.1) is 0 Å². The third-order valence-electron chi connectivity index (χ3n) is 4.19. The minimum atomic E-state index is -0.0838. The zero-order valence-electron chi connectivity index (χ0n) is 12.6. The molecule has 0 aliphatic rings. The molecule has 2 aromatic heterocycles. The highest BCUT2D eigenvalue weighted by atomic mass is 15.5. The highest BCUT2D eigenvalue weighted by Gasteiger charge is 2.33. The number of nitrogens with zero attached hydrogens (tertiary/aromatic N) is 4. The summed E-state index contributed by atoms with van der Waals surface area (Å²) in [5.74, 6) is 0.738. The van der Waals surface area contributed by atoms with E-state index in [1.165, 1.54) is 5.56 Å². The molecule has 1 unspecified atom stereocenters. The van der Waals surface area contributed by atoms with E-state index in [0.717, 1.165) is 30.8 Å². The number of aromatic amines is 1. The third-order valence-corrected chi connectivity index (χ3v) is 4.19. The van der Waals surface area contributed by atoms with E-state index in [0.29, 0.717) is 0 Å². The van der Waals surface area contributed by atoms with Crippen molar-refractivity contribution in [3.05, 3.63) is 71.8 Å². The lowest BCUT2D eigenvalue weighted by molar-refractivity contribution is 0.391. The highest BCUT2D eigenvalue weighted by Crippen LogP contribution is 2.34. The van der Waals surface area contributed by atoms with E-state index in [2.05, 4.69) is 62.9 Å². The van der Waals surface area contributed by atoms with Crippen LogP contribution in [-0.4, -0.2) is 25.6 Å². The van der Waals surface area contributed by atoms with Crippen molar-refractivity contribution in [3.8, 4) is 0 Å². The topological polar surface area (TPSA) is 67.3 Å². The quantitative estimate of drug-likeness (QED) is 0.759. The van der Waals surface area contributed by atoms with E-state index in [4.69, 9.17) is 0 Å². The Balaban J connectivity index is 1.99. The number of pyridine rings is 1. The first kappa shape index (κ1) is 14.4. The Hall–Kier alpha value is -2.56.